The number of unbranched alkanes of at least 4 members (excludes halogenated alkanes) is 20. The number of phosphoric ester groups is 1. The predicted octanol–water partition coefficient (Wildman–Crippen LogP) is 9.24. The fraction of sp³-hybridized carbons (Fsp3) is 0.917. The molecule has 0 spiro atoms. The van der Waals surface area contributed by atoms with Gasteiger partial charge in [0.15, 0.2) is 0 Å². The number of carbonyl (C=O) groups excluding carboxylic acids is 1. The standard InChI is InChI=1S/C36H73N2O6P/c1-6-8-10-11-12-13-14-15-16-17-18-19-20-21-22-23-24-25-26-27-28-29-35(39)34(37-36(40)30-9-7-2)33-44-45(41,42)43-32-31-38(3,4)5/h28-29,34-35,39H,6-27,30-33H2,1-5H3,(H-,37,40,41,42)/p+1/b29-28+. The highest BCUT2D eigenvalue weighted by molar-refractivity contribution is 7.47. The van der Waals surface area contributed by atoms with E-state index in [1.165, 1.54) is 109 Å². The molecule has 1 amide bonds. The number of rotatable bonds is 33. The summed E-state index contributed by atoms with van der Waals surface area (Å²) in [6, 6.07) is -0.835. The average molecular weight is 662 g/mol. The van der Waals surface area contributed by atoms with E-state index in [1.54, 1.807) is 6.08 Å². The first kappa shape index (κ1) is 44.2. The first-order valence-corrected chi connectivity index (χ1v) is 20.1. The number of carbonyl (C=O) groups is 1. The maximum Gasteiger partial charge on any atom is 0.472 e. The molecular formula is C36H74N2O6P+. The van der Waals surface area contributed by atoms with Crippen LogP contribution in [0.15, 0.2) is 12.2 Å². The van der Waals surface area contributed by atoms with E-state index in [4.69, 9.17) is 9.05 Å². The van der Waals surface area contributed by atoms with Crippen molar-refractivity contribution in [3.05, 3.63) is 12.2 Å². The van der Waals surface area contributed by atoms with Gasteiger partial charge >= 0.3 is 7.82 Å². The minimum absolute atomic E-state index is 0.0622. The molecule has 0 saturated heterocycles. The second-order valence-corrected chi connectivity index (χ2v) is 15.4. The van der Waals surface area contributed by atoms with E-state index in [-0.39, 0.29) is 19.1 Å². The van der Waals surface area contributed by atoms with Crippen LogP contribution in [-0.4, -0.2) is 73.4 Å². The molecule has 45 heavy (non-hydrogen) atoms. The lowest BCUT2D eigenvalue weighted by atomic mass is 10.0. The number of phosphoric acid groups is 1. The molecule has 3 N–H and O–H groups in total. The quantitative estimate of drug-likeness (QED) is 0.0280. The van der Waals surface area contributed by atoms with Crippen LogP contribution in [0.4, 0.5) is 0 Å². The molecule has 0 radical (unpaired) electrons. The van der Waals surface area contributed by atoms with E-state index >= 15 is 0 Å². The van der Waals surface area contributed by atoms with E-state index in [0.29, 0.717) is 17.4 Å². The summed E-state index contributed by atoms with van der Waals surface area (Å²) in [5, 5.41) is 13.5. The van der Waals surface area contributed by atoms with E-state index in [0.717, 1.165) is 32.1 Å². The van der Waals surface area contributed by atoms with Gasteiger partial charge in [-0.05, 0) is 19.3 Å². The van der Waals surface area contributed by atoms with Crippen LogP contribution in [0.5, 0.6) is 0 Å². The Morgan fingerprint density at radius 2 is 1.18 bits per heavy atom. The van der Waals surface area contributed by atoms with Crippen LogP contribution in [0, 0.1) is 0 Å². The lowest BCUT2D eigenvalue weighted by molar-refractivity contribution is -0.870. The highest BCUT2D eigenvalue weighted by Crippen LogP contribution is 2.43. The molecule has 0 aliphatic carbocycles. The van der Waals surface area contributed by atoms with Gasteiger partial charge in [-0.1, -0.05) is 148 Å². The number of aliphatic hydroxyl groups is 1. The fourth-order valence-electron chi connectivity index (χ4n) is 5.19. The third kappa shape index (κ3) is 31.6. The number of nitrogens with one attached hydrogen (secondary N) is 1. The van der Waals surface area contributed by atoms with Crippen LogP contribution in [0.25, 0.3) is 0 Å². The Balaban J connectivity index is 4.06. The zero-order valence-corrected chi connectivity index (χ0v) is 31.0. The number of quaternary nitrogens is 1. The normalized spacial score (nSPS) is 14.9. The minimum atomic E-state index is -4.30. The number of hydrogen-bond acceptors (Lipinski definition) is 5. The van der Waals surface area contributed by atoms with Gasteiger partial charge in [-0.25, -0.2) is 4.57 Å². The minimum Gasteiger partial charge on any atom is -0.387 e. The smallest absolute Gasteiger partial charge is 0.387 e. The van der Waals surface area contributed by atoms with Crippen molar-refractivity contribution < 1.29 is 32.9 Å². The van der Waals surface area contributed by atoms with Crippen molar-refractivity contribution in [1.29, 1.82) is 0 Å². The van der Waals surface area contributed by atoms with Gasteiger partial charge in [0.1, 0.15) is 13.2 Å². The molecule has 0 aromatic heterocycles. The molecule has 9 heteroatoms. The number of likely N-dealkylation sites (N-methyl/N-ethyl adjacent to an activating group) is 1. The van der Waals surface area contributed by atoms with E-state index < -0.39 is 20.0 Å². The molecule has 268 valence electrons. The second kappa shape index (κ2) is 29.4. The van der Waals surface area contributed by atoms with Crippen molar-refractivity contribution in [3.8, 4) is 0 Å². The highest BCUT2D eigenvalue weighted by Gasteiger charge is 2.27. The predicted molar refractivity (Wildman–Crippen MR) is 189 cm³/mol. The Hall–Kier alpha value is -0.760. The molecule has 0 aromatic carbocycles. The van der Waals surface area contributed by atoms with Crippen molar-refractivity contribution in [2.75, 3.05) is 40.9 Å². The molecule has 3 atom stereocenters. The van der Waals surface area contributed by atoms with Gasteiger partial charge in [0.25, 0.3) is 0 Å². The summed E-state index contributed by atoms with van der Waals surface area (Å²) in [7, 11) is 1.57. The van der Waals surface area contributed by atoms with E-state index in [2.05, 4.69) is 12.2 Å². The van der Waals surface area contributed by atoms with Crippen LogP contribution < -0.4 is 5.32 Å². The SMILES string of the molecule is CCCCCCCCCCCCCCCCCCCCC/C=C/C(O)C(COP(=O)(O)OCC[N+](C)(C)C)NC(=O)CCCC. The zero-order chi connectivity index (χ0) is 33.7. The summed E-state index contributed by atoms with van der Waals surface area (Å²) in [5.41, 5.74) is 0. The highest BCUT2D eigenvalue weighted by atomic mass is 31.2. The summed E-state index contributed by atoms with van der Waals surface area (Å²) in [6.45, 7) is 4.56. The van der Waals surface area contributed by atoms with Gasteiger partial charge in [-0.15, -0.1) is 0 Å². The number of amides is 1. The van der Waals surface area contributed by atoms with Crippen molar-refractivity contribution in [1.82, 2.24) is 5.32 Å². The monoisotopic (exact) mass is 662 g/mol. The fourth-order valence-corrected chi connectivity index (χ4v) is 5.93. The van der Waals surface area contributed by atoms with Crippen LogP contribution in [0.1, 0.15) is 162 Å². The molecule has 0 saturated carbocycles. The lowest BCUT2D eigenvalue weighted by Gasteiger charge is -2.25. The van der Waals surface area contributed by atoms with Crippen molar-refractivity contribution >= 4 is 13.7 Å². The molecule has 0 aliphatic rings. The maximum absolute atomic E-state index is 12.3. The number of nitrogens with zero attached hydrogens (tertiary/aromatic N) is 1. The van der Waals surface area contributed by atoms with Gasteiger partial charge in [0, 0.05) is 6.42 Å². The molecule has 0 aliphatic heterocycles. The van der Waals surface area contributed by atoms with Gasteiger partial charge in [0.05, 0.1) is 39.9 Å². The summed E-state index contributed by atoms with van der Waals surface area (Å²) >= 11 is 0. The second-order valence-electron chi connectivity index (χ2n) is 14.0. The summed E-state index contributed by atoms with van der Waals surface area (Å²) < 4.78 is 23.1. The first-order chi connectivity index (χ1) is 21.5. The Bertz CT molecular complexity index is 758. The van der Waals surface area contributed by atoms with Gasteiger partial charge < -0.3 is 19.8 Å². The molecule has 0 heterocycles. The molecule has 8 nitrogen and oxygen atoms in total. The van der Waals surface area contributed by atoms with E-state index in [9.17, 15) is 19.4 Å². The van der Waals surface area contributed by atoms with Crippen LogP contribution in [0.2, 0.25) is 0 Å². The Kier molecular flexibility index (Phi) is 28.9. The number of aliphatic hydroxyl groups excluding tert-OH is 1. The summed E-state index contributed by atoms with van der Waals surface area (Å²) in [4.78, 5) is 22.4. The third-order valence-electron chi connectivity index (χ3n) is 8.26. The maximum atomic E-state index is 12.3. The first-order valence-electron chi connectivity index (χ1n) is 18.6. The summed E-state index contributed by atoms with van der Waals surface area (Å²) in [5.74, 6) is -0.213. The van der Waals surface area contributed by atoms with Crippen molar-refractivity contribution in [3.63, 3.8) is 0 Å². The summed E-state index contributed by atoms with van der Waals surface area (Å²) in [6.07, 6.45) is 31.0. The Labute approximate surface area is 278 Å². The van der Waals surface area contributed by atoms with Gasteiger partial charge in [-0.3, -0.25) is 13.8 Å². The van der Waals surface area contributed by atoms with Crippen molar-refractivity contribution in [2.24, 2.45) is 0 Å². The molecular weight excluding hydrogens is 587 g/mol. The van der Waals surface area contributed by atoms with Gasteiger partial charge in [0.2, 0.25) is 5.91 Å². The zero-order valence-electron chi connectivity index (χ0n) is 30.1. The molecule has 3 unspecified atom stereocenters. The van der Waals surface area contributed by atoms with Crippen molar-refractivity contribution in [2.45, 2.75) is 174 Å². The Morgan fingerprint density at radius 1 is 0.733 bits per heavy atom. The largest absolute Gasteiger partial charge is 0.472 e. The topological polar surface area (TPSA) is 105 Å². The van der Waals surface area contributed by atoms with Crippen LogP contribution in [0.3, 0.4) is 0 Å². The molecule has 0 bridgehead atoms. The third-order valence-corrected chi connectivity index (χ3v) is 9.24. The average Bonchev–Trinajstić information content (AvgIpc) is 2.98. The number of allylic oxidation sites excluding steroid dienone is 1. The van der Waals surface area contributed by atoms with Crippen LogP contribution >= 0.6 is 7.82 Å². The Morgan fingerprint density at radius 3 is 1.62 bits per heavy atom. The van der Waals surface area contributed by atoms with Crippen LogP contribution in [-0.2, 0) is 18.4 Å². The molecule has 0 rings (SSSR count). The molecule has 0 aromatic rings. The lowest BCUT2D eigenvalue weighted by Crippen LogP contribution is -2.45. The number of hydrogen-bond donors (Lipinski definition) is 3. The van der Waals surface area contributed by atoms with Gasteiger partial charge in [-0.2, -0.15) is 0 Å². The van der Waals surface area contributed by atoms with E-state index in [1.807, 2.05) is 34.1 Å². The molecule has 0 fully saturated rings.